The number of aromatic nitrogens is 1. The van der Waals surface area contributed by atoms with Gasteiger partial charge in [-0.15, -0.1) is 0 Å². The maximum Gasteiger partial charge on any atom is 0.233 e. The molecule has 78 valence electrons. The molecule has 0 atom stereocenters. The molecule has 0 aromatic carbocycles. The Kier molecular flexibility index (Phi) is 3.71. The quantitative estimate of drug-likeness (QED) is 0.866. The van der Waals surface area contributed by atoms with Gasteiger partial charge in [0, 0.05) is 6.20 Å². The molecule has 1 N–H and O–H groups in total. The van der Waals surface area contributed by atoms with E-state index in [-0.39, 0.29) is 5.75 Å². The lowest BCUT2D eigenvalue weighted by Crippen LogP contribution is -2.16. The molecule has 1 aromatic rings. The fourth-order valence-corrected chi connectivity index (χ4v) is 2.11. The number of nitrogens with zero attached hydrogens (tertiary/aromatic N) is 1. The summed E-state index contributed by atoms with van der Waals surface area (Å²) in [6.45, 7) is 1.80. The summed E-state index contributed by atoms with van der Waals surface area (Å²) >= 11 is 5.60. The molecule has 0 bridgehead atoms. The number of rotatable bonds is 4. The second kappa shape index (κ2) is 4.61. The molecule has 0 aliphatic heterocycles. The zero-order chi connectivity index (χ0) is 10.6. The molecular weight excluding hydrogens is 224 g/mol. The van der Waals surface area contributed by atoms with Gasteiger partial charge in [0.15, 0.2) is 0 Å². The Labute approximate surface area is 88.4 Å². The zero-order valence-electron chi connectivity index (χ0n) is 7.70. The maximum absolute atomic E-state index is 11.3. The molecule has 0 aliphatic carbocycles. The molecule has 0 saturated heterocycles. The predicted octanol–water partition coefficient (Wildman–Crippen LogP) is 1.89. The van der Waals surface area contributed by atoms with Crippen molar-refractivity contribution < 1.29 is 8.42 Å². The van der Waals surface area contributed by atoms with Gasteiger partial charge in [-0.3, -0.25) is 4.72 Å². The van der Waals surface area contributed by atoms with Crippen molar-refractivity contribution in [1.29, 1.82) is 0 Å². The van der Waals surface area contributed by atoms with Crippen LogP contribution >= 0.6 is 11.6 Å². The van der Waals surface area contributed by atoms with Crippen LogP contribution < -0.4 is 4.72 Å². The number of anilines is 1. The van der Waals surface area contributed by atoms with Gasteiger partial charge in [0.2, 0.25) is 10.0 Å². The molecule has 4 nitrogen and oxygen atoms in total. The van der Waals surface area contributed by atoms with Gasteiger partial charge in [0.05, 0.1) is 10.8 Å². The summed E-state index contributed by atoms with van der Waals surface area (Å²) in [5.74, 6) is 0.389. The van der Waals surface area contributed by atoms with Gasteiger partial charge in [-0.05, 0) is 18.6 Å². The van der Waals surface area contributed by atoms with Crippen LogP contribution in [-0.4, -0.2) is 19.2 Å². The lowest BCUT2D eigenvalue weighted by Gasteiger charge is -2.05. The van der Waals surface area contributed by atoms with Gasteiger partial charge >= 0.3 is 0 Å². The van der Waals surface area contributed by atoms with E-state index in [4.69, 9.17) is 11.6 Å². The number of hydrogen-bond donors (Lipinski definition) is 1. The fourth-order valence-electron chi connectivity index (χ4n) is 0.915. The van der Waals surface area contributed by atoms with Crippen LogP contribution in [0.4, 0.5) is 5.82 Å². The third-order valence-electron chi connectivity index (χ3n) is 1.46. The highest BCUT2D eigenvalue weighted by Crippen LogP contribution is 2.10. The number of hydrogen-bond acceptors (Lipinski definition) is 3. The molecule has 0 amide bonds. The normalized spacial score (nSPS) is 11.3. The largest absolute Gasteiger partial charge is 0.267 e. The first kappa shape index (κ1) is 11.3. The van der Waals surface area contributed by atoms with Crippen LogP contribution in [0.2, 0.25) is 5.02 Å². The monoisotopic (exact) mass is 234 g/mol. The van der Waals surface area contributed by atoms with Crippen LogP contribution in [0.25, 0.3) is 0 Å². The van der Waals surface area contributed by atoms with Crippen molar-refractivity contribution in [1.82, 2.24) is 4.98 Å². The second-order valence-electron chi connectivity index (χ2n) is 2.78. The Morgan fingerprint density at radius 1 is 1.50 bits per heavy atom. The van der Waals surface area contributed by atoms with E-state index in [2.05, 4.69) is 9.71 Å². The number of nitrogens with one attached hydrogen (secondary N) is 1. The summed E-state index contributed by atoms with van der Waals surface area (Å²) in [5, 5.41) is 0.475. The van der Waals surface area contributed by atoms with Gasteiger partial charge in [-0.25, -0.2) is 13.4 Å². The summed E-state index contributed by atoms with van der Waals surface area (Å²) < 4.78 is 25.0. The first-order valence-electron chi connectivity index (χ1n) is 4.15. The summed E-state index contributed by atoms with van der Waals surface area (Å²) in [6, 6.07) is 3.11. The Hall–Kier alpha value is -0.810. The van der Waals surface area contributed by atoms with Crippen molar-refractivity contribution >= 4 is 27.4 Å². The fraction of sp³-hybridized carbons (Fsp3) is 0.375. The summed E-state index contributed by atoms with van der Waals surface area (Å²) in [5.41, 5.74) is 0. The van der Waals surface area contributed by atoms with Crippen molar-refractivity contribution in [3.05, 3.63) is 23.4 Å². The molecule has 0 unspecified atom stereocenters. The van der Waals surface area contributed by atoms with E-state index in [1.165, 1.54) is 12.3 Å². The minimum Gasteiger partial charge on any atom is -0.267 e. The third kappa shape index (κ3) is 3.51. The zero-order valence-corrected chi connectivity index (χ0v) is 9.27. The number of halogens is 1. The Balaban J connectivity index is 2.74. The average Bonchev–Trinajstić information content (AvgIpc) is 2.08. The second-order valence-corrected chi connectivity index (χ2v) is 5.06. The standard InChI is InChI=1S/C8H11ClN2O2S/c1-2-5-14(12,13)11-8-4-3-7(9)6-10-8/h3-4,6H,2,5H2,1H3,(H,10,11). The van der Waals surface area contributed by atoms with Crippen molar-refractivity contribution in [2.24, 2.45) is 0 Å². The van der Waals surface area contributed by atoms with Crippen molar-refractivity contribution in [2.45, 2.75) is 13.3 Å². The Bertz CT molecular complexity index is 388. The Morgan fingerprint density at radius 2 is 2.21 bits per heavy atom. The SMILES string of the molecule is CCCS(=O)(=O)Nc1ccc(Cl)cn1. The minimum atomic E-state index is -3.25. The molecule has 1 heterocycles. The molecule has 1 rings (SSSR count). The molecule has 0 saturated carbocycles. The molecule has 0 radical (unpaired) electrons. The molecule has 0 aliphatic rings. The number of sulfonamides is 1. The van der Waals surface area contributed by atoms with Gasteiger partial charge in [-0.2, -0.15) is 0 Å². The van der Waals surface area contributed by atoms with E-state index >= 15 is 0 Å². The maximum atomic E-state index is 11.3. The highest BCUT2D eigenvalue weighted by atomic mass is 35.5. The molecule has 6 heteroatoms. The van der Waals surface area contributed by atoms with Crippen LogP contribution in [0.15, 0.2) is 18.3 Å². The van der Waals surface area contributed by atoms with E-state index in [0.29, 0.717) is 17.3 Å². The van der Waals surface area contributed by atoms with Crippen LogP contribution in [0.3, 0.4) is 0 Å². The molecular formula is C8H11ClN2O2S. The van der Waals surface area contributed by atoms with Crippen LogP contribution in [0.1, 0.15) is 13.3 Å². The van der Waals surface area contributed by atoms with E-state index in [1.807, 2.05) is 0 Å². The van der Waals surface area contributed by atoms with E-state index in [0.717, 1.165) is 0 Å². The number of pyridine rings is 1. The summed E-state index contributed by atoms with van der Waals surface area (Å²) in [4.78, 5) is 3.82. The Morgan fingerprint density at radius 3 is 2.71 bits per heavy atom. The lowest BCUT2D eigenvalue weighted by molar-refractivity contribution is 0.599. The summed E-state index contributed by atoms with van der Waals surface area (Å²) in [7, 11) is -3.25. The van der Waals surface area contributed by atoms with Gasteiger partial charge in [-0.1, -0.05) is 18.5 Å². The smallest absolute Gasteiger partial charge is 0.233 e. The average molecular weight is 235 g/mol. The van der Waals surface area contributed by atoms with Crippen molar-refractivity contribution in [3.8, 4) is 0 Å². The highest BCUT2D eigenvalue weighted by Gasteiger charge is 2.08. The van der Waals surface area contributed by atoms with E-state index in [9.17, 15) is 8.42 Å². The summed E-state index contributed by atoms with van der Waals surface area (Å²) in [6.07, 6.45) is 1.97. The first-order chi connectivity index (χ1) is 6.53. The van der Waals surface area contributed by atoms with Gasteiger partial charge < -0.3 is 0 Å². The molecule has 0 fully saturated rings. The molecule has 0 spiro atoms. The highest BCUT2D eigenvalue weighted by molar-refractivity contribution is 7.92. The minimum absolute atomic E-state index is 0.0946. The third-order valence-corrected chi connectivity index (χ3v) is 3.15. The molecule has 1 aromatic heterocycles. The molecule has 14 heavy (non-hydrogen) atoms. The van der Waals surface area contributed by atoms with Gasteiger partial charge in [0.1, 0.15) is 5.82 Å². The van der Waals surface area contributed by atoms with Gasteiger partial charge in [0.25, 0.3) is 0 Å². The lowest BCUT2D eigenvalue weighted by atomic mass is 10.5. The predicted molar refractivity (Wildman–Crippen MR) is 56.9 cm³/mol. The van der Waals surface area contributed by atoms with E-state index in [1.54, 1.807) is 13.0 Å². The first-order valence-corrected chi connectivity index (χ1v) is 6.18. The van der Waals surface area contributed by atoms with E-state index < -0.39 is 10.0 Å². The van der Waals surface area contributed by atoms with Crippen LogP contribution in [-0.2, 0) is 10.0 Å². The van der Waals surface area contributed by atoms with Crippen LogP contribution in [0, 0.1) is 0 Å². The van der Waals surface area contributed by atoms with Crippen molar-refractivity contribution in [3.63, 3.8) is 0 Å². The van der Waals surface area contributed by atoms with Crippen molar-refractivity contribution in [2.75, 3.05) is 10.5 Å². The van der Waals surface area contributed by atoms with Crippen LogP contribution in [0.5, 0.6) is 0 Å². The topological polar surface area (TPSA) is 59.1 Å².